The number of benzene rings is 1. The summed E-state index contributed by atoms with van der Waals surface area (Å²) in [5.41, 5.74) is 2.10. The van der Waals surface area contributed by atoms with Crippen molar-refractivity contribution in [3.8, 4) is 5.75 Å². The van der Waals surface area contributed by atoms with Crippen LogP contribution in [0.15, 0.2) is 47.2 Å². The van der Waals surface area contributed by atoms with Crippen LogP contribution in [0.2, 0.25) is 0 Å². The Balaban J connectivity index is 2.07. The summed E-state index contributed by atoms with van der Waals surface area (Å²) in [7, 11) is 1.67. The second-order valence-electron chi connectivity index (χ2n) is 3.57. The van der Waals surface area contributed by atoms with Gasteiger partial charge in [0, 0.05) is 23.4 Å². The molecule has 0 spiro atoms. The monoisotopic (exact) mass is 292 g/mol. The molecule has 1 N–H and O–H groups in total. The number of anilines is 1. The van der Waals surface area contributed by atoms with E-state index >= 15 is 0 Å². The summed E-state index contributed by atoms with van der Waals surface area (Å²) < 4.78 is 6.25. The highest BCUT2D eigenvalue weighted by molar-refractivity contribution is 9.10. The summed E-state index contributed by atoms with van der Waals surface area (Å²) >= 11 is 3.40. The SMILES string of the molecule is COc1ccccc1NCc1cncc(Br)c1. The Labute approximate surface area is 109 Å². The standard InChI is InChI=1S/C13H13BrN2O/c1-17-13-5-3-2-4-12(13)16-8-10-6-11(14)9-15-7-10/h2-7,9,16H,8H2,1H3. The number of methoxy groups -OCH3 is 1. The van der Waals surface area contributed by atoms with Crippen LogP contribution in [0.5, 0.6) is 5.75 Å². The van der Waals surface area contributed by atoms with Crippen LogP contribution in [-0.2, 0) is 6.54 Å². The van der Waals surface area contributed by atoms with Gasteiger partial charge in [-0.15, -0.1) is 0 Å². The molecule has 0 saturated carbocycles. The molecular weight excluding hydrogens is 280 g/mol. The summed E-state index contributed by atoms with van der Waals surface area (Å²) in [5, 5.41) is 3.32. The lowest BCUT2D eigenvalue weighted by Gasteiger charge is -2.10. The number of para-hydroxylation sites is 2. The fourth-order valence-corrected chi connectivity index (χ4v) is 1.95. The zero-order valence-corrected chi connectivity index (χ0v) is 11.1. The maximum Gasteiger partial charge on any atom is 0.141 e. The predicted molar refractivity (Wildman–Crippen MR) is 72.3 cm³/mol. The smallest absolute Gasteiger partial charge is 0.141 e. The van der Waals surface area contributed by atoms with Gasteiger partial charge in [0.25, 0.3) is 0 Å². The molecule has 1 heterocycles. The molecule has 1 aromatic heterocycles. The fraction of sp³-hybridized carbons (Fsp3) is 0.154. The first kappa shape index (κ1) is 11.9. The van der Waals surface area contributed by atoms with Gasteiger partial charge >= 0.3 is 0 Å². The Morgan fingerprint density at radius 2 is 2.12 bits per heavy atom. The van der Waals surface area contributed by atoms with E-state index < -0.39 is 0 Å². The van der Waals surface area contributed by atoms with Gasteiger partial charge in [-0.3, -0.25) is 4.98 Å². The quantitative estimate of drug-likeness (QED) is 0.937. The third kappa shape index (κ3) is 3.20. The van der Waals surface area contributed by atoms with Gasteiger partial charge in [0.05, 0.1) is 12.8 Å². The summed E-state index contributed by atoms with van der Waals surface area (Å²) in [6, 6.07) is 9.88. The average Bonchev–Trinajstić information content (AvgIpc) is 2.37. The molecule has 1 aromatic carbocycles. The number of rotatable bonds is 4. The van der Waals surface area contributed by atoms with Crippen LogP contribution in [0.1, 0.15) is 5.56 Å². The molecular formula is C13H13BrN2O. The highest BCUT2D eigenvalue weighted by Crippen LogP contribution is 2.23. The predicted octanol–water partition coefficient (Wildman–Crippen LogP) is 3.46. The lowest BCUT2D eigenvalue weighted by Crippen LogP contribution is -2.01. The van der Waals surface area contributed by atoms with E-state index in [-0.39, 0.29) is 0 Å². The molecule has 0 atom stereocenters. The molecule has 17 heavy (non-hydrogen) atoms. The van der Waals surface area contributed by atoms with Crippen LogP contribution < -0.4 is 10.1 Å². The van der Waals surface area contributed by atoms with E-state index in [1.54, 1.807) is 13.3 Å². The highest BCUT2D eigenvalue weighted by Gasteiger charge is 2.01. The molecule has 0 aliphatic heterocycles. The minimum atomic E-state index is 0.715. The third-order valence-corrected chi connectivity index (χ3v) is 2.79. The third-order valence-electron chi connectivity index (χ3n) is 2.35. The van der Waals surface area contributed by atoms with Crippen molar-refractivity contribution in [3.05, 3.63) is 52.8 Å². The number of halogens is 1. The summed E-state index contributed by atoms with van der Waals surface area (Å²) in [6.07, 6.45) is 3.61. The van der Waals surface area contributed by atoms with Crippen molar-refractivity contribution in [1.29, 1.82) is 0 Å². The van der Waals surface area contributed by atoms with Crippen molar-refractivity contribution in [2.45, 2.75) is 6.54 Å². The van der Waals surface area contributed by atoms with Crippen LogP contribution in [0.4, 0.5) is 5.69 Å². The number of ether oxygens (including phenoxy) is 1. The van der Waals surface area contributed by atoms with Crippen molar-refractivity contribution < 1.29 is 4.74 Å². The molecule has 88 valence electrons. The maximum absolute atomic E-state index is 5.27. The zero-order valence-electron chi connectivity index (χ0n) is 9.48. The molecule has 0 aliphatic rings. The minimum absolute atomic E-state index is 0.715. The van der Waals surface area contributed by atoms with Gasteiger partial charge in [0.1, 0.15) is 5.75 Å². The average molecular weight is 293 g/mol. The molecule has 0 unspecified atom stereocenters. The van der Waals surface area contributed by atoms with Gasteiger partial charge in [0.2, 0.25) is 0 Å². The Bertz CT molecular complexity index is 502. The first-order chi connectivity index (χ1) is 8.29. The van der Waals surface area contributed by atoms with E-state index in [1.807, 2.05) is 36.5 Å². The van der Waals surface area contributed by atoms with Crippen LogP contribution in [0.3, 0.4) is 0 Å². The number of hydrogen-bond acceptors (Lipinski definition) is 3. The Hall–Kier alpha value is -1.55. The van der Waals surface area contributed by atoms with Crippen molar-refractivity contribution in [3.63, 3.8) is 0 Å². The zero-order chi connectivity index (χ0) is 12.1. The van der Waals surface area contributed by atoms with Crippen molar-refractivity contribution in [1.82, 2.24) is 4.98 Å². The number of hydrogen-bond donors (Lipinski definition) is 1. The van der Waals surface area contributed by atoms with Crippen LogP contribution >= 0.6 is 15.9 Å². The van der Waals surface area contributed by atoms with Crippen molar-refractivity contribution in [2.75, 3.05) is 12.4 Å². The molecule has 4 heteroatoms. The van der Waals surface area contributed by atoms with E-state index in [9.17, 15) is 0 Å². The lowest BCUT2D eigenvalue weighted by molar-refractivity contribution is 0.416. The van der Waals surface area contributed by atoms with E-state index in [0.717, 1.165) is 21.5 Å². The topological polar surface area (TPSA) is 34.1 Å². The minimum Gasteiger partial charge on any atom is -0.495 e. The van der Waals surface area contributed by atoms with Crippen molar-refractivity contribution in [2.24, 2.45) is 0 Å². The molecule has 0 bridgehead atoms. The van der Waals surface area contributed by atoms with Gasteiger partial charge < -0.3 is 10.1 Å². The molecule has 2 aromatic rings. The Kier molecular flexibility index (Phi) is 3.98. The number of pyridine rings is 1. The van der Waals surface area contributed by atoms with Gasteiger partial charge in [0.15, 0.2) is 0 Å². The maximum atomic E-state index is 5.27. The van der Waals surface area contributed by atoms with E-state index in [1.165, 1.54) is 0 Å². The number of aromatic nitrogens is 1. The van der Waals surface area contributed by atoms with Gasteiger partial charge in [-0.2, -0.15) is 0 Å². The van der Waals surface area contributed by atoms with E-state index in [0.29, 0.717) is 6.54 Å². The van der Waals surface area contributed by atoms with Gasteiger partial charge in [-0.05, 0) is 39.7 Å². The normalized spacial score (nSPS) is 10.0. The largest absolute Gasteiger partial charge is 0.495 e. The Morgan fingerprint density at radius 3 is 2.88 bits per heavy atom. The molecule has 0 radical (unpaired) electrons. The number of nitrogens with one attached hydrogen (secondary N) is 1. The van der Waals surface area contributed by atoms with Crippen LogP contribution in [0.25, 0.3) is 0 Å². The van der Waals surface area contributed by atoms with E-state index in [4.69, 9.17) is 4.74 Å². The fourth-order valence-electron chi connectivity index (χ4n) is 1.54. The molecule has 0 saturated heterocycles. The highest BCUT2D eigenvalue weighted by atomic mass is 79.9. The lowest BCUT2D eigenvalue weighted by atomic mass is 10.2. The number of nitrogens with zero attached hydrogens (tertiary/aromatic N) is 1. The molecule has 0 aliphatic carbocycles. The first-order valence-electron chi connectivity index (χ1n) is 5.26. The molecule has 2 rings (SSSR count). The first-order valence-corrected chi connectivity index (χ1v) is 6.05. The molecule has 0 fully saturated rings. The Morgan fingerprint density at radius 1 is 1.29 bits per heavy atom. The second kappa shape index (κ2) is 5.68. The van der Waals surface area contributed by atoms with E-state index in [2.05, 4.69) is 26.2 Å². The van der Waals surface area contributed by atoms with Gasteiger partial charge in [-0.1, -0.05) is 12.1 Å². The second-order valence-corrected chi connectivity index (χ2v) is 4.48. The molecule has 0 amide bonds. The molecule has 3 nitrogen and oxygen atoms in total. The van der Waals surface area contributed by atoms with Crippen LogP contribution in [0, 0.1) is 0 Å². The summed E-state index contributed by atoms with van der Waals surface area (Å²) in [4.78, 5) is 4.12. The van der Waals surface area contributed by atoms with Crippen molar-refractivity contribution >= 4 is 21.6 Å². The van der Waals surface area contributed by atoms with Gasteiger partial charge in [-0.25, -0.2) is 0 Å². The van der Waals surface area contributed by atoms with Crippen LogP contribution in [-0.4, -0.2) is 12.1 Å². The summed E-state index contributed by atoms with van der Waals surface area (Å²) in [6.45, 7) is 0.715. The summed E-state index contributed by atoms with van der Waals surface area (Å²) in [5.74, 6) is 0.843.